The molecule has 1 amide bonds. The lowest BCUT2D eigenvalue weighted by Crippen LogP contribution is -2.52. The Hall–Kier alpha value is -1.25. The van der Waals surface area contributed by atoms with Crippen molar-refractivity contribution in [1.29, 1.82) is 0 Å². The number of piperidine rings is 1. The van der Waals surface area contributed by atoms with Gasteiger partial charge in [-0.1, -0.05) is 5.92 Å². The third-order valence-corrected chi connectivity index (χ3v) is 3.03. The number of terminal acetylenes is 1. The van der Waals surface area contributed by atoms with E-state index in [4.69, 9.17) is 11.2 Å². The van der Waals surface area contributed by atoms with Crippen LogP contribution in [0.1, 0.15) is 33.6 Å². The van der Waals surface area contributed by atoms with Crippen molar-refractivity contribution >= 4 is 6.09 Å². The predicted molar refractivity (Wildman–Crippen MR) is 73.7 cm³/mol. The van der Waals surface area contributed by atoms with Gasteiger partial charge in [-0.2, -0.15) is 0 Å². The van der Waals surface area contributed by atoms with Crippen LogP contribution in [0.2, 0.25) is 0 Å². The lowest BCUT2D eigenvalue weighted by molar-refractivity contribution is -0.0304. The second kappa shape index (κ2) is 6.27. The molecule has 1 rings (SSSR count). The van der Waals surface area contributed by atoms with Gasteiger partial charge in [-0.25, -0.2) is 4.79 Å². The molecule has 0 bridgehead atoms. The molecule has 1 heterocycles. The van der Waals surface area contributed by atoms with Crippen LogP contribution in [0.3, 0.4) is 0 Å². The highest BCUT2D eigenvalue weighted by Crippen LogP contribution is 2.22. The van der Waals surface area contributed by atoms with Crippen LogP contribution < -0.4 is 5.32 Å². The molecule has 1 fully saturated rings. The fraction of sp³-hybridized carbons (Fsp3) is 0.786. The lowest BCUT2D eigenvalue weighted by atomic mass is 9.91. The van der Waals surface area contributed by atoms with Crippen molar-refractivity contribution in [2.45, 2.75) is 44.8 Å². The van der Waals surface area contributed by atoms with Crippen molar-refractivity contribution < 1.29 is 14.6 Å². The number of carbonyl (C=O) groups is 1. The van der Waals surface area contributed by atoms with Gasteiger partial charge >= 0.3 is 6.09 Å². The monoisotopic (exact) mass is 268 g/mol. The Bertz CT molecular complexity index is 347. The second-order valence-electron chi connectivity index (χ2n) is 6.00. The highest BCUT2D eigenvalue weighted by Gasteiger charge is 2.34. The molecule has 19 heavy (non-hydrogen) atoms. The smallest absolute Gasteiger partial charge is 0.410 e. The minimum absolute atomic E-state index is 0.314. The molecule has 108 valence electrons. The largest absolute Gasteiger partial charge is 0.444 e. The van der Waals surface area contributed by atoms with E-state index in [1.165, 1.54) is 0 Å². The molecule has 0 unspecified atom stereocenters. The van der Waals surface area contributed by atoms with Gasteiger partial charge in [0.25, 0.3) is 0 Å². The average Bonchev–Trinajstić information content (AvgIpc) is 2.27. The van der Waals surface area contributed by atoms with Crippen LogP contribution in [0.25, 0.3) is 0 Å². The molecular formula is C14H24N2O3. The number of aliphatic hydroxyl groups is 1. The first-order valence-corrected chi connectivity index (χ1v) is 6.60. The SMILES string of the molecule is C#CCNCC1(O)CCN(C(=O)OC(C)(C)C)CC1. The molecule has 1 aliphatic rings. The molecule has 0 radical (unpaired) electrons. The molecule has 0 aromatic carbocycles. The highest BCUT2D eigenvalue weighted by atomic mass is 16.6. The number of carbonyl (C=O) groups excluding carboxylic acids is 1. The normalized spacial score (nSPS) is 18.8. The zero-order valence-electron chi connectivity index (χ0n) is 12.0. The minimum Gasteiger partial charge on any atom is -0.444 e. The Morgan fingerprint density at radius 3 is 2.53 bits per heavy atom. The maximum Gasteiger partial charge on any atom is 0.410 e. The first-order chi connectivity index (χ1) is 8.76. The molecule has 0 aromatic rings. The van der Waals surface area contributed by atoms with Gasteiger partial charge in [0, 0.05) is 19.6 Å². The standard InChI is InChI=1S/C14H24N2O3/c1-5-8-15-11-14(18)6-9-16(10-7-14)12(17)19-13(2,3)4/h1,15,18H,6-11H2,2-4H3. The predicted octanol–water partition coefficient (Wildman–Crippen LogP) is 0.971. The molecule has 0 aromatic heterocycles. The van der Waals surface area contributed by atoms with Gasteiger partial charge in [-0.15, -0.1) is 6.42 Å². The van der Waals surface area contributed by atoms with Crippen molar-refractivity contribution in [2.24, 2.45) is 0 Å². The van der Waals surface area contributed by atoms with Gasteiger partial charge < -0.3 is 20.1 Å². The summed E-state index contributed by atoms with van der Waals surface area (Å²) in [5.74, 6) is 2.47. The van der Waals surface area contributed by atoms with Crippen LogP contribution in [0, 0.1) is 12.3 Å². The Morgan fingerprint density at radius 1 is 1.47 bits per heavy atom. The Morgan fingerprint density at radius 2 is 2.05 bits per heavy atom. The van der Waals surface area contributed by atoms with Gasteiger partial charge in [0.05, 0.1) is 12.1 Å². The van der Waals surface area contributed by atoms with Crippen molar-refractivity contribution in [3.05, 3.63) is 0 Å². The molecule has 0 saturated carbocycles. The Balaban J connectivity index is 2.40. The number of ether oxygens (including phenoxy) is 1. The van der Waals surface area contributed by atoms with Crippen LogP contribution in [-0.4, -0.2) is 53.5 Å². The molecule has 1 aliphatic heterocycles. The zero-order chi connectivity index (χ0) is 14.5. The number of hydrogen-bond donors (Lipinski definition) is 2. The summed E-state index contributed by atoms with van der Waals surface area (Å²) in [5, 5.41) is 13.3. The highest BCUT2D eigenvalue weighted by molar-refractivity contribution is 5.68. The average molecular weight is 268 g/mol. The molecular weight excluding hydrogens is 244 g/mol. The first-order valence-electron chi connectivity index (χ1n) is 6.60. The maximum atomic E-state index is 11.9. The van der Waals surface area contributed by atoms with Crippen molar-refractivity contribution in [1.82, 2.24) is 10.2 Å². The summed E-state index contributed by atoms with van der Waals surface area (Å²) in [7, 11) is 0. The molecule has 0 aliphatic carbocycles. The summed E-state index contributed by atoms with van der Waals surface area (Å²) in [5.41, 5.74) is -1.27. The van der Waals surface area contributed by atoms with E-state index in [0.29, 0.717) is 39.0 Å². The number of nitrogens with one attached hydrogen (secondary N) is 1. The fourth-order valence-electron chi connectivity index (χ4n) is 1.98. The number of amides is 1. The summed E-state index contributed by atoms with van der Waals surface area (Å²) in [6, 6.07) is 0. The fourth-order valence-corrected chi connectivity index (χ4v) is 1.98. The molecule has 0 atom stereocenters. The zero-order valence-corrected chi connectivity index (χ0v) is 12.0. The van der Waals surface area contributed by atoms with Crippen molar-refractivity contribution in [3.8, 4) is 12.3 Å². The molecule has 2 N–H and O–H groups in total. The quantitative estimate of drug-likeness (QED) is 0.591. The number of hydrogen-bond acceptors (Lipinski definition) is 4. The van der Waals surface area contributed by atoms with E-state index < -0.39 is 11.2 Å². The van der Waals surface area contributed by atoms with E-state index in [1.54, 1.807) is 4.90 Å². The Kier molecular flexibility index (Phi) is 5.21. The summed E-state index contributed by atoms with van der Waals surface area (Å²) in [6.07, 6.45) is 5.89. The van der Waals surface area contributed by atoms with E-state index >= 15 is 0 Å². The first kappa shape index (κ1) is 15.8. The number of rotatable bonds is 3. The third-order valence-electron chi connectivity index (χ3n) is 3.03. The molecule has 1 saturated heterocycles. The summed E-state index contributed by atoms with van der Waals surface area (Å²) < 4.78 is 5.31. The third kappa shape index (κ3) is 5.50. The van der Waals surface area contributed by atoms with E-state index in [-0.39, 0.29) is 6.09 Å². The van der Waals surface area contributed by atoms with Crippen LogP contribution in [0.4, 0.5) is 4.79 Å². The van der Waals surface area contributed by atoms with Crippen molar-refractivity contribution in [2.75, 3.05) is 26.2 Å². The van der Waals surface area contributed by atoms with E-state index in [2.05, 4.69) is 11.2 Å². The van der Waals surface area contributed by atoms with E-state index in [0.717, 1.165) is 0 Å². The Labute approximate surface area is 115 Å². The van der Waals surface area contributed by atoms with E-state index in [1.807, 2.05) is 20.8 Å². The van der Waals surface area contributed by atoms with Gasteiger partial charge in [-0.3, -0.25) is 0 Å². The van der Waals surface area contributed by atoms with Crippen LogP contribution in [-0.2, 0) is 4.74 Å². The topological polar surface area (TPSA) is 61.8 Å². The number of likely N-dealkylation sites (tertiary alicyclic amines) is 1. The number of nitrogens with zero attached hydrogens (tertiary/aromatic N) is 1. The van der Waals surface area contributed by atoms with Gasteiger partial charge in [0.2, 0.25) is 0 Å². The van der Waals surface area contributed by atoms with Gasteiger partial charge in [-0.05, 0) is 33.6 Å². The van der Waals surface area contributed by atoms with Crippen LogP contribution in [0.15, 0.2) is 0 Å². The van der Waals surface area contributed by atoms with E-state index in [9.17, 15) is 9.90 Å². The lowest BCUT2D eigenvalue weighted by Gasteiger charge is -2.38. The summed E-state index contributed by atoms with van der Waals surface area (Å²) in [4.78, 5) is 13.5. The molecule has 5 heteroatoms. The summed E-state index contributed by atoms with van der Waals surface area (Å²) in [6.45, 7) is 7.43. The molecule has 5 nitrogen and oxygen atoms in total. The molecule has 0 spiro atoms. The van der Waals surface area contributed by atoms with Gasteiger partial charge in [0.15, 0.2) is 0 Å². The van der Waals surface area contributed by atoms with Gasteiger partial charge in [0.1, 0.15) is 5.60 Å². The minimum atomic E-state index is -0.782. The van der Waals surface area contributed by atoms with Crippen LogP contribution >= 0.6 is 0 Å². The maximum absolute atomic E-state index is 11.9. The summed E-state index contributed by atoms with van der Waals surface area (Å²) >= 11 is 0. The second-order valence-corrected chi connectivity index (χ2v) is 6.00. The van der Waals surface area contributed by atoms with Crippen molar-refractivity contribution in [3.63, 3.8) is 0 Å². The van der Waals surface area contributed by atoms with Crippen LogP contribution in [0.5, 0.6) is 0 Å².